The number of nitrogens with one attached hydrogen (secondary N) is 4. The molecule has 1 aromatic carbocycles. The molecule has 33 heavy (non-hydrogen) atoms. The van der Waals surface area contributed by atoms with Crippen LogP contribution < -0.4 is 16.0 Å². The second kappa shape index (κ2) is 8.50. The zero-order chi connectivity index (χ0) is 22.9. The van der Waals surface area contributed by atoms with Crippen molar-refractivity contribution >= 4 is 28.5 Å². The maximum atomic E-state index is 14.0. The van der Waals surface area contributed by atoms with Crippen LogP contribution in [0.1, 0.15) is 36.4 Å². The maximum absolute atomic E-state index is 14.0. The van der Waals surface area contributed by atoms with Gasteiger partial charge in [0.15, 0.2) is 0 Å². The van der Waals surface area contributed by atoms with Crippen molar-refractivity contribution in [3.63, 3.8) is 0 Å². The lowest BCUT2D eigenvalue weighted by Crippen LogP contribution is -2.51. The van der Waals surface area contributed by atoms with Crippen LogP contribution in [0.2, 0.25) is 0 Å². The van der Waals surface area contributed by atoms with Crippen LogP contribution in [-0.2, 0) is 16.0 Å². The fourth-order valence-electron chi connectivity index (χ4n) is 4.21. The standard InChI is InChI=1S/C23H22FN7O2/c24-15-3-1-2-13-7-17(29-20(13)15)23(33)30-16(6-12-4-5-12)22(32)31-18(8-25)14-9-26-10-19-21(14)28-11-27-19/h1-3,9-12,16-18,29H,4-7H2,(H,27,28)(H,30,33)(H,31,32). The number of fused-ring (bicyclic) bond motifs is 2. The Morgan fingerprint density at radius 1 is 1.27 bits per heavy atom. The molecule has 168 valence electrons. The number of rotatable bonds is 7. The number of carbonyl (C=O) groups is 2. The SMILES string of the molecule is N#CC(NC(=O)C(CC1CC1)NC(=O)C1Cc2cccc(F)c2N1)c1cncc2[nH]cnc12. The molecule has 10 heteroatoms. The van der Waals surface area contributed by atoms with Crippen molar-refractivity contribution in [2.45, 2.75) is 43.8 Å². The molecule has 0 radical (unpaired) electrons. The van der Waals surface area contributed by atoms with E-state index in [1.54, 1.807) is 18.3 Å². The molecule has 2 aliphatic rings. The van der Waals surface area contributed by atoms with Gasteiger partial charge in [-0.25, -0.2) is 9.37 Å². The van der Waals surface area contributed by atoms with Gasteiger partial charge < -0.3 is 20.9 Å². The number of imidazole rings is 1. The van der Waals surface area contributed by atoms with Crippen LogP contribution in [0.5, 0.6) is 0 Å². The number of nitrogens with zero attached hydrogens (tertiary/aromatic N) is 3. The van der Waals surface area contributed by atoms with Crippen LogP contribution >= 0.6 is 0 Å². The van der Waals surface area contributed by atoms with Crippen LogP contribution in [0.3, 0.4) is 0 Å². The molecule has 9 nitrogen and oxygen atoms in total. The topological polar surface area (TPSA) is 136 Å². The third-order valence-corrected chi connectivity index (χ3v) is 6.14. The third kappa shape index (κ3) is 4.22. The van der Waals surface area contributed by atoms with Crippen molar-refractivity contribution in [1.82, 2.24) is 25.6 Å². The molecule has 1 fully saturated rings. The summed E-state index contributed by atoms with van der Waals surface area (Å²) in [6.45, 7) is 0. The highest BCUT2D eigenvalue weighted by molar-refractivity contribution is 5.93. The highest BCUT2D eigenvalue weighted by Crippen LogP contribution is 2.34. The van der Waals surface area contributed by atoms with E-state index >= 15 is 0 Å². The van der Waals surface area contributed by atoms with Gasteiger partial charge in [-0.05, 0) is 24.0 Å². The highest BCUT2D eigenvalue weighted by atomic mass is 19.1. The second-order valence-corrected chi connectivity index (χ2v) is 8.51. The largest absolute Gasteiger partial charge is 0.371 e. The summed E-state index contributed by atoms with van der Waals surface area (Å²) in [5, 5.41) is 18.2. The predicted molar refractivity (Wildman–Crippen MR) is 117 cm³/mol. The van der Waals surface area contributed by atoms with E-state index in [1.165, 1.54) is 18.6 Å². The number of amides is 2. The summed E-state index contributed by atoms with van der Waals surface area (Å²) in [4.78, 5) is 37.3. The van der Waals surface area contributed by atoms with Crippen LogP contribution in [0.15, 0.2) is 36.9 Å². The number of carbonyl (C=O) groups excluding carboxylic acids is 2. The quantitative estimate of drug-likeness (QED) is 0.438. The Labute approximate surface area is 188 Å². The van der Waals surface area contributed by atoms with Gasteiger partial charge in [0, 0.05) is 18.2 Å². The number of aromatic nitrogens is 3. The van der Waals surface area contributed by atoms with Crippen LogP contribution in [0.4, 0.5) is 10.1 Å². The predicted octanol–water partition coefficient (Wildman–Crippen LogP) is 2.10. The van der Waals surface area contributed by atoms with Gasteiger partial charge >= 0.3 is 0 Å². The van der Waals surface area contributed by atoms with Gasteiger partial charge in [-0.2, -0.15) is 5.26 Å². The van der Waals surface area contributed by atoms with E-state index < -0.39 is 29.8 Å². The van der Waals surface area contributed by atoms with Gasteiger partial charge in [-0.3, -0.25) is 14.6 Å². The minimum absolute atomic E-state index is 0.324. The normalized spacial score (nSPS) is 18.6. The van der Waals surface area contributed by atoms with Gasteiger partial charge in [-0.1, -0.05) is 25.0 Å². The molecule has 0 bridgehead atoms. The Hall–Kier alpha value is -4.00. The molecule has 0 spiro atoms. The van der Waals surface area contributed by atoms with Gasteiger partial charge in [-0.15, -0.1) is 0 Å². The number of anilines is 1. The monoisotopic (exact) mass is 447 g/mol. The van der Waals surface area contributed by atoms with Gasteiger partial charge in [0.2, 0.25) is 11.8 Å². The maximum Gasteiger partial charge on any atom is 0.243 e. The Morgan fingerprint density at radius 2 is 2.12 bits per heavy atom. The number of pyridine rings is 1. The fourth-order valence-corrected chi connectivity index (χ4v) is 4.21. The van der Waals surface area contributed by atoms with Crippen molar-refractivity contribution in [3.05, 3.63) is 53.9 Å². The Bertz CT molecular complexity index is 1260. The van der Waals surface area contributed by atoms with Gasteiger partial charge in [0.1, 0.15) is 23.9 Å². The summed E-state index contributed by atoms with van der Waals surface area (Å²) in [5.74, 6) is -0.885. The minimum atomic E-state index is -0.974. The first kappa shape index (κ1) is 20.9. The molecule has 3 unspecified atom stereocenters. The number of hydrogen-bond donors (Lipinski definition) is 4. The first-order valence-corrected chi connectivity index (χ1v) is 10.8. The molecule has 1 aliphatic heterocycles. The summed E-state index contributed by atoms with van der Waals surface area (Å²) < 4.78 is 14.0. The highest BCUT2D eigenvalue weighted by Gasteiger charge is 2.35. The number of aromatic amines is 1. The molecule has 3 aromatic rings. The van der Waals surface area contributed by atoms with Crippen molar-refractivity contribution in [2.75, 3.05) is 5.32 Å². The van der Waals surface area contributed by atoms with E-state index in [1.807, 2.05) is 0 Å². The minimum Gasteiger partial charge on any atom is -0.371 e. The Morgan fingerprint density at radius 3 is 2.88 bits per heavy atom. The number of hydrogen-bond acceptors (Lipinski definition) is 6. The summed E-state index contributed by atoms with van der Waals surface area (Å²) >= 11 is 0. The summed E-state index contributed by atoms with van der Waals surface area (Å²) in [6, 6.07) is 4.36. The lowest BCUT2D eigenvalue weighted by molar-refractivity contribution is -0.129. The molecule has 4 N–H and O–H groups in total. The van der Waals surface area contributed by atoms with Crippen molar-refractivity contribution in [1.29, 1.82) is 5.26 Å². The molecular weight excluding hydrogens is 425 g/mol. The average Bonchev–Trinajstić information content (AvgIpc) is 3.31. The molecule has 2 amide bonds. The molecule has 0 saturated heterocycles. The van der Waals surface area contributed by atoms with Crippen molar-refractivity contribution in [3.8, 4) is 6.07 Å². The Kier molecular flexibility index (Phi) is 5.38. The van der Waals surface area contributed by atoms with Crippen LogP contribution in [-0.4, -0.2) is 38.8 Å². The molecular formula is C23H22FN7O2. The summed E-state index contributed by atoms with van der Waals surface area (Å²) in [7, 11) is 0. The van der Waals surface area contributed by atoms with Crippen LogP contribution in [0.25, 0.3) is 11.0 Å². The molecule has 3 heterocycles. The summed E-state index contributed by atoms with van der Waals surface area (Å²) in [6.07, 6.45) is 7.40. The molecule has 5 rings (SSSR count). The zero-order valence-electron chi connectivity index (χ0n) is 17.6. The van der Waals surface area contributed by atoms with E-state index in [9.17, 15) is 19.2 Å². The van der Waals surface area contributed by atoms with E-state index in [2.05, 4.69) is 37.0 Å². The number of para-hydroxylation sites is 1. The summed E-state index contributed by atoms with van der Waals surface area (Å²) in [5.41, 5.74) is 2.73. The number of H-pyrrole nitrogens is 1. The molecule has 1 aliphatic carbocycles. The van der Waals surface area contributed by atoms with E-state index in [4.69, 9.17) is 0 Å². The first-order valence-electron chi connectivity index (χ1n) is 10.8. The van der Waals surface area contributed by atoms with E-state index in [-0.39, 0.29) is 5.91 Å². The lowest BCUT2D eigenvalue weighted by Gasteiger charge is -2.22. The van der Waals surface area contributed by atoms with Crippen LogP contribution in [0, 0.1) is 23.1 Å². The smallest absolute Gasteiger partial charge is 0.243 e. The number of halogens is 1. The number of nitriles is 1. The number of benzene rings is 1. The average molecular weight is 447 g/mol. The second-order valence-electron chi connectivity index (χ2n) is 8.51. The molecule has 2 aromatic heterocycles. The van der Waals surface area contributed by atoms with E-state index in [0.717, 1.165) is 18.4 Å². The van der Waals surface area contributed by atoms with Gasteiger partial charge in [0.25, 0.3) is 0 Å². The van der Waals surface area contributed by atoms with E-state index in [0.29, 0.717) is 41.0 Å². The van der Waals surface area contributed by atoms with Crippen molar-refractivity contribution in [2.24, 2.45) is 5.92 Å². The first-order chi connectivity index (χ1) is 16.0. The molecule has 3 atom stereocenters. The molecule has 1 saturated carbocycles. The lowest BCUT2D eigenvalue weighted by atomic mass is 10.0. The fraction of sp³-hybridized carbons (Fsp3) is 0.348. The Balaban J connectivity index is 1.30. The van der Waals surface area contributed by atoms with Crippen molar-refractivity contribution < 1.29 is 14.0 Å². The third-order valence-electron chi connectivity index (χ3n) is 6.14. The van der Waals surface area contributed by atoms with Gasteiger partial charge in [0.05, 0.1) is 35.3 Å². The zero-order valence-corrected chi connectivity index (χ0v) is 17.6.